The minimum atomic E-state index is -3.59. The molecule has 0 aliphatic carbocycles. The number of phenols is 1. The van der Waals surface area contributed by atoms with Gasteiger partial charge in [0.2, 0.25) is 9.84 Å². The van der Waals surface area contributed by atoms with E-state index in [4.69, 9.17) is 0 Å². The van der Waals surface area contributed by atoms with Crippen LogP contribution in [-0.4, -0.2) is 46.3 Å². The smallest absolute Gasteiger partial charge is 0.272 e. The first-order chi connectivity index (χ1) is 8.43. The van der Waals surface area contributed by atoms with Crippen molar-refractivity contribution in [2.75, 3.05) is 6.26 Å². The van der Waals surface area contributed by atoms with E-state index >= 15 is 0 Å². The monoisotopic (exact) mass is 268 g/mol. The summed E-state index contributed by atoms with van der Waals surface area (Å²) in [6.07, 6.45) is 1.42. The number of hydrogen-bond acceptors (Lipinski definition) is 7. The van der Waals surface area contributed by atoms with E-state index in [2.05, 4.69) is 15.5 Å². The molecule has 0 bridgehead atoms. The molecule has 1 aromatic heterocycles. The van der Waals surface area contributed by atoms with E-state index in [1.165, 1.54) is 18.2 Å². The summed E-state index contributed by atoms with van der Waals surface area (Å²) in [5.41, 5.74) is 0.280. The van der Waals surface area contributed by atoms with Crippen LogP contribution in [0.25, 0.3) is 5.69 Å². The van der Waals surface area contributed by atoms with Crippen LogP contribution in [-0.2, 0) is 9.84 Å². The lowest BCUT2D eigenvalue weighted by atomic mass is 10.2. The second-order valence-electron chi connectivity index (χ2n) is 3.51. The number of aldehydes is 1. The van der Waals surface area contributed by atoms with Crippen LogP contribution in [0.3, 0.4) is 0 Å². The van der Waals surface area contributed by atoms with Crippen molar-refractivity contribution in [2.24, 2.45) is 0 Å². The zero-order chi connectivity index (χ0) is 13.3. The summed E-state index contributed by atoms with van der Waals surface area (Å²) in [5, 5.41) is 19.2. The van der Waals surface area contributed by atoms with Crippen molar-refractivity contribution in [3.8, 4) is 11.4 Å². The van der Waals surface area contributed by atoms with Crippen LogP contribution in [0, 0.1) is 0 Å². The molecule has 9 heteroatoms. The van der Waals surface area contributed by atoms with Crippen molar-refractivity contribution in [3.05, 3.63) is 23.8 Å². The first-order valence-electron chi connectivity index (χ1n) is 4.70. The van der Waals surface area contributed by atoms with Gasteiger partial charge in [-0.3, -0.25) is 4.79 Å². The molecule has 0 saturated carbocycles. The maximum absolute atomic E-state index is 11.4. The number of sulfone groups is 1. The number of carbonyl (C=O) groups is 1. The Morgan fingerprint density at radius 3 is 2.72 bits per heavy atom. The molecule has 0 radical (unpaired) electrons. The van der Waals surface area contributed by atoms with E-state index in [1.807, 2.05) is 0 Å². The second kappa shape index (κ2) is 4.18. The van der Waals surface area contributed by atoms with Crippen LogP contribution in [0.2, 0.25) is 0 Å². The Kier molecular flexibility index (Phi) is 2.83. The lowest BCUT2D eigenvalue weighted by molar-refractivity contribution is 0.112. The van der Waals surface area contributed by atoms with E-state index in [9.17, 15) is 18.3 Å². The molecule has 0 unspecified atom stereocenters. The molecule has 0 spiro atoms. The fourth-order valence-electron chi connectivity index (χ4n) is 1.34. The third kappa shape index (κ3) is 2.07. The molecule has 1 heterocycles. The topological polar surface area (TPSA) is 115 Å². The molecular weight excluding hydrogens is 260 g/mol. The molecule has 0 fully saturated rings. The summed E-state index contributed by atoms with van der Waals surface area (Å²) in [7, 11) is -3.59. The van der Waals surface area contributed by atoms with E-state index in [0.717, 1.165) is 10.9 Å². The molecular formula is C9H8N4O4S. The van der Waals surface area contributed by atoms with Gasteiger partial charge in [0.1, 0.15) is 5.75 Å². The highest BCUT2D eigenvalue weighted by molar-refractivity contribution is 7.90. The molecule has 1 aromatic carbocycles. The Morgan fingerprint density at radius 2 is 2.11 bits per heavy atom. The van der Waals surface area contributed by atoms with Gasteiger partial charge in [0.25, 0.3) is 5.16 Å². The molecule has 18 heavy (non-hydrogen) atoms. The first-order valence-corrected chi connectivity index (χ1v) is 6.59. The van der Waals surface area contributed by atoms with Crippen LogP contribution >= 0.6 is 0 Å². The van der Waals surface area contributed by atoms with Crippen molar-refractivity contribution >= 4 is 16.1 Å². The third-order valence-electron chi connectivity index (χ3n) is 2.16. The number of tetrazole rings is 1. The van der Waals surface area contributed by atoms with Crippen LogP contribution in [0.1, 0.15) is 10.4 Å². The van der Waals surface area contributed by atoms with Crippen molar-refractivity contribution in [3.63, 3.8) is 0 Å². The summed E-state index contributed by atoms with van der Waals surface area (Å²) in [6, 6.07) is 3.94. The Labute approximate surface area is 102 Å². The SMILES string of the molecule is CS(=O)(=O)c1nnnn1-c1ccc(O)c(C=O)c1. The lowest BCUT2D eigenvalue weighted by Crippen LogP contribution is -2.09. The summed E-state index contributed by atoms with van der Waals surface area (Å²) in [4.78, 5) is 10.7. The van der Waals surface area contributed by atoms with Crippen molar-refractivity contribution in [2.45, 2.75) is 5.16 Å². The summed E-state index contributed by atoms with van der Waals surface area (Å²) < 4.78 is 23.8. The van der Waals surface area contributed by atoms with Gasteiger partial charge >= 0.3 is 0 Å². The van der Waals surface area contributed by atoms with Crippen LogP contribution in [0.15, 0.2) is 23.4 Å². The number of aromatic hydroxyl groups is 1. The average molecular weight is 268 g/mol. The molecule has 0 atom stereocenters. The predicted octanol–water partition coefficient (Wildman–Crippen LogP) is -0.416. The minimum absolute atomic E-state index is 0.0162. The van der Waals surface area contributed by atoms with Gasteiger partial charge in [0.15, 0.2) is 6.29 Å². The third-order valence-corrected chi connectivity index (χ3v) is 3.07. The number of carbonyl (C=O) groups excluding carboxylic acids is 1. The van der Waals surface area contributed by atoms with Gasteiger partial charge in [-0.05, 0) is 28.6 Å². The molecule has 8 nitrogen and oxygen atoms in total. The fourth-order valence-corrected chi connectivity index (χ4v) is 1.98. The van der Waals surface area contributed by atoms with Gasteiger partial charge in [-0.1, -0.05) is 5.10 Å². The highest BCUT2D eigenvalue weighted by atomic mass is 32.2. The standard InChI is InChI=1S/C9H8N4O4S/c1-18(16,17)9-10-11-12-13(9)7-2-3-8(15)6(4-7)5-14/h2-5,15H,1H3. The van der Waals surface area contributed by atoms with E-state index < -0.39 is 9.84 Å². The Bertz CT molecular complexity index is 707. The Balaban J connectivity index is 2.64. The molecule has 0 aliphatic rings. The normalized spacial score (nSPS) is 11.4. The first kappa shape index (κ1) is 12.2. The van der Waals surface area contributed by atoms with Crippen molar-refractivity contribution in [1.82, 2.24) is 20.2 Å². The highest BCUT2D eigenvalue weighted by Gasteiger charge is 2.19. The van der Waals surface area contributed by atoms with Crippen LogP contribution in [0.5, 0.6) is 5.75 Å². The maximum Gasteiger partial charge on any atom is 0.272 e. The van der Waals surface area contributed by atoms with Crippen LogP contribution in [0.4, 0.5) is 0 Å². The molecule has 0 amide bonds. The zero-order valence-electron chi connectivity index (χ0n) is 9.18. The molecule has 0 aliphatic heterocycles. The molecule has 94 valence electrons. The van der Waals surface area contributed by atoms with Gasteiger partial charge in [-0.15, -0.1) is 0 Å². The maximum atomic E-state index is 11.4. The van der Waals surface area contributed by atoms with E-state index in [1.54, 1.807) is 0 Å². The number of phenolic OH excluding ortho intramolecular Hbond substituents is 1. The number of hydrogen-bond donors (Lipinski definition) is 1. The minimum Gasteiger partial charge on any atom is -0.507 e. The quantitative estimate of drug-likeness (QED) is 0.752. The van der Waals surface area contributed by atoms with Crippen molar-refractivity contribution in [1.29, 1.82) is 0 Å². The molecule has 2 rings (SSSR count). The zero-order valence-corrected chi connectivity index (χ0v) is 9.99. The molecule has 2 aromatic rings. The molecule has 1 N–H and O–H groups in total. The predicted molar refractivity (Wildman–Crippen MR) is 59.3 cm³/mol. The number of nitrogens with zero attached hydrogens (tertiary/aromatic N) is 4. The van der Waals surface area contributed by atoms with Gasteiger partial charge in [0, 0.05) is 6.26 Å². The van der Waals surface area contributed by atoms with E-state index in [-0.39, 0.29) is 22.2 Å². The van der Waals surface area contributed by atoms with Gasteiger partial charge in [-0.25, -0.2) is 8.42 Å². The largest absolute Gasteiger partial charge is 0.507 e. The van der Waals surface area contributed by atoms with Gasteiger partial charge in [-0.2, -0.15) is 4.68 Å². The van der Waals surface area contributed by atoms with Crippen molar-refractivity contribution < 1.29 is 18.3 Å². The average Bonchev–Trinajstić information content (AvgIpc) is 2.78. The highest BCUT2D eigenvalue weighted by Crippen LogP contribution is 2.20. The van der Waals surface area contributed by atoms with Gasteiger partial charge < -0.3 is 5.11 Å². The summed E-state index contributed by atoms with van der Waals surface area (Å²) >= 11 is 0. The summed E-state index contributed by atoms with van der Waals surface area (Å²) in [5.74, 6) is -0.206. The van der Waals surface area contributed by atoms with Crippen LogP contribution < -0.4 is 0 Å². The molecule has 0 saturated heterocycles. The van der Waals surface area contributed by atoms with E-state index in [0.29, 0.717) is 6.29 Å². The number of benzene rings is 1. The van der Waals surface area contributed by atoms with Gasteiger partial charge in [0.05, 0.1) is 11.3 Å². The number of rotatable bonds is 3. The Morgan fingerprint density at radius 1 is 1.39 bits per heavy atom. The Hall–Kier alpha value is -2.29. The fraction of sp³-hybridized carbons (Fsp3) is 0.111. The summed E-state index contributed by atoms with van der Waals surface area (Å²) in [6.45, 7) is 0. The second-order valence-corrected chi connectivity index (χ2v) is 5.42. The number of aromatic nitrogens is 4. The lowest BCUT2D eigenvalue weighted by Gasteiger charge is -2.04.